The van der Waals surface area contributed by atoms with E-state index in [0.29, 0.717) is 0 Å². The molecule has 64 valence electrons. The van der Waals surface area contributed by atoms with E-state index in [1.54, 1.807) is 0 Å². The van der Waals surface area contributed by atoms with Crippen LogP contribution in [0.1, 0.15) is 12.8 Å². The molecule has 0 bridgehead atoms. The van der Waals surface area contributed by atoms with Crippen molar-refractivity contribution in [2.45, 2.75) is 12.8 Å². The minimum Gasteiger partial charge on any atom is -0.0991 e. The van der Waals surface area contributed by atoms with E-state index in [-0.39, 0.29) is 0 Å². The molecular formula is C11H13I. The summed E-state index contributed by atoms with van der Waals surface area (Å²) in [6, 6.07) is 0. The Bertz CT molecular complexity index is 244. The summed E-state index contributed by atoms with van der Waals surface area (Å²) in [5, 5.41) is 0. The third-order valence-electron chi connectivity index (χ3n) is 1.86. The number of alkyl halides is 1. The molecule has 1 aliphatic carbocycles. The van der Waals surface area contributed by atoms with E-state index in [1.165, 1.54) is 11.1 Å². The molecule has 0 saturated heterocycles. The maximum absolute atomic E-state index is 3.72. The summed E-state index contributed by atoms with van der Waals surface area (Å²) >= 11 is 2.36. The van der Waals surface area contributed by atoms with Crippen molar-refractivity contribution in [3.8, 4) is 0 Å². The summed E-state index contributed by atoms with van der Waals surface area (Å²) in [6.45, 7) is 3.72. The smallest absolute Gasteiger partial charge is 0.0184 e. The van der Waals surface area contributed by atoms with Gasteiger partial charge in [0, 0.05) is 4.43 Å². The van der Waals surface area contributed by atoms with E-state index in [9.17, 15) is 0 Å². The van der Waals surface area contributed by atoms with E-state index in [4.69, 9.17) is 0 Å². The first kappa shape index (κ1) is 9.78. The molecule has 0 amide bonds. The summed E-state index contributed by atoms with van der Waals surface area (Å²) in [5.74, 6) is 0. The highest BCUT2D eigenvalue weighted by Gasteiger charge is 2.04. The Morgan fingerprint density at radius 1 is 1.58 bits per heavy atom. The molecule has 12 heavy (non-hydrogen) atoms. The van der Waals surface area contributed by atoms with Gasteiger partial charge in [-0.2, -0.15) is 0 Å². The highest BCUT2D eigenvalue weighted by atomic mass is 127. The highest BCUT2D eigenvalue weighted by molar-refractivity contribution is 14.1. The monoisotopic (exact) mass is 272 g/mol. The Labute approximate surface area is 87.9 Å². The van der Waals surface area contributed by atoms with Crippen LogP contribution in [0.4, 0.5) is 0 Å². The lowest BCUT2D eigenvalue weighted by Gasteiger charge is -2.11. The molecule has 0 heterocycles. The van der Waals surface area contributed by atoms with E-state index in [2.05, 4.69) is 53.5 Å². The van der Waals surface area contributed by atoms with E-state index < -0.39 is 0 Å². The third kappa shape index (κ3) is 2.63. The molecule has 0 fully saturated rings. The first-order chi connectivity index (χ1) is 5.88. The molecule has 1 heteroatoms. The molecule has 1 aliphatic rings. The third-order valence-corrected chi connectivity index (χ3v) is 2.31. The first-order valence-electron chi connectivity index (χ1n) is 4.13. The fourth-order valence-electron chi connectivity index (χ4n) is 1.30. The van der Waals surface area contributed by atoms with Gasteiger partial charge in [-0.1, -0.05) is 59.5 Å². The zero-order valence-corrected chi connectivity index (χ0v) is 9.25. The number of hydrogen-bond acceptors (Lipinski definition) is 0. The number of halogens is 1. The fraction of sp³-hybridized carbons (Fsp3) is 0.273. The second kappa shape index (κ2) is 5.36. The predicted octanol–water partition coefficient (Wildman–Crippen LogP) is 3.81. The van der Waals surface area contributed by atoms with Gasteiger partial charge < -0.3 is 0 Å². The van der Waals surface area contributed by atoms with Crippen molar-refractivity contribution in [2.75, 3.05) is 4.43 Å². The highest BCUT2D eigenvalue weighted by Crippen LogP contribution is 2.23. The van der Waals surface area contributed by atoms with Crippen LogP contribution in [-0.4, -0.2) is 4.43 Å². The maximum atomic E-state index is 3.72. The van der Waals surface area contributed by atoms with Gasteiger partial charge in [-0.3, -0.25) is 0 Å². The Morgan fingerprint density at radius 3 is 3.08 bits per heavy atom. The number of rotatable bonds is 2. The molecule has 0 aromatic rings. The fourth-order valence-corrected chi connectivity index (χ4v) is 1.78. The maximum Gasteiger partial charge on any atom is 0.0184 e. The lowest BCUT2D eigenvalue weighted by Crippen LogP contribution is -1.92. The Hall–Kier alpha value is -0.310. The van der Waals surface area contributed by atoms with Crippen LogP contribution in [0.3, 0.4) is 0 Å². The van der Waals surface area contributed by atoms with Crippen molar-refractivity contribution in [1.29, 1.82) is 0 Å². The van der Waals surface area contributed by atoms with E-state index >= 15 is 0 Å². The zero-order valence-electron chi connectivity index (χ0n) is 7.09. The van der Waals surface area contributed by atoms with Crippen LogP contribution in [-0.2, 0) is 0 Å². The minimum atomic E-state index is 1.08. The molecule has 1 rings (SSSR count). The summed E-state index contributed by atoms with van der Waals surface area (Å²) < 4.78 is 1.08. The molecule has 0 aromatic heterocycles. The minimum absolute atomic E-state index is 1.08. The molecule has 0 atom stereocenters. The molecule has 0 spiro atoms. The Balaban J connectivity index is 2.86. The topological polar surface area (TPSA) is 0 Å². The van der Waals surface area contributed by atoms with Crippen molar-refractivity contribution in [2.24, 2.45) is 0 Å². The zero-order chi connectivity index (χ0) is 8.81. The Morgan fingerprint density at radius 2 is 2.42 bits per heavy atom. The molecule has 0 radical (unpaired) electrons. The first-order valence-corrected chi connectivity index (χ1v) is 5.65. The van der Waals surface area contributed by atoms with Gasteiger partial charge in [0.15, 0.2) is 0 Å². The number of allylic oxidation sites excluding steroid dienone is 7. The molecule has 0 aliphatic heterocycles. The molecular weight excluding hydrogens is 259 g/mol. The second-order valence-electron chi connectivity index (χ2n) is 2.68. The van der Waals surface area contributed by atoms with Crippen LogP contribution in [0, 0.1) is 0 Å². The number of hydrogen-bond donors (Lipinski definition) is 0. The van der Waals surface area contributed by atoms with Crippen LogP contribution in [0.15, 0.2) is 48.1 Å². The molecule has 0 N–H and O–H groups in total. The van der Waals surface area contributed by atoms with Gasteiger partial charge in [-0.05, 0) is 24.0 Å². The van der Waals surface area contributed by atoms with Crippen molar-refractivity contribution < 1.29 is 0 Å². The van der Waals surface area contributed by atoms with Crippen LogP contribution in [0.5, 0.6) is 0 Å². The van der Waals surface area contributed by atoms with Crippen molar-refractivity contribution in [3.05, 3.63) is 48.1 Å². The van der Waals surface area contributed by atoms with Gasteiger partial charge >= 0.3 is 0 Å². The average Bonchev–Trinajstić information content (AvgIpc) is 2.09. The molecule has 0 aromatic carbocycles. The van der Waals surface area contributed by atoms with Crippen LogP contribution in [0.25, 0.3) is 0 Å². The van der Waals surface area contributed by atoms with Gasteiger partial charge in [0.1, 0.15) is 0 Å². The van der Waals surface area contributed by atoms with Gasteiger partial charge in [0.25, 0.3) is 0 Å². The quantitative estimate of drug-likeness (QED) is 0.529. The van der Waals surface area contributed by atoms with E-state index in [0.717, 1.165) is 17.3 Å². The summed E-state index contributed by atoms with van der Waals surface area (Å²) in [7, 11) is 0. The van der Waals surface area contributed by atoms with Crippen molar-refractivity contribution >= 4 is 22.6 Å². The molecule has 0 nitrogen and oxygen atoms in total. The summed E-state index contributed by atoms with van der Waals surface area (Å²) in [6.07, 6.45) is 13.0. The van der Waals surface area contributed by atoms with Crippen LogP contribution >= 0.6 is 22.6 Å². The predicted molar refractivity (Wildman–Crippen MR) is 63.6 cm³/mol. The summed E-state index contributed by atoms with van der Waals surface area (Å²) in [5.41, 5.74) is 2.79. The summed E-state index contributed by atoms with van der Waals surface area (Å²) in [4.78, 5) is 0. The van der Waals surface area contributed by atoms with Crippen LogP contribution in [0.2, 0.25) is 0 Å². The SMILES string of the molecule is C=C/C=C1/CCC=C/C1=C/CI. The normalized spacial score (nSPS) is 23.4. The van der Waals surface area contributed by atoms with E-state index in [1.807, 2.05) is 6.08 Å². The molecule has 0 unspecified atom stereocenters. The van der Waals surface area contributed by atoms with Crippen molar-refractivity contribution in [3.63, 3.8) is 0 Å². The van der Waals surface area contributed by atoms with Crippen molar-refractivity contribution in [1.82, 2.24) is 0 Å². The van der Waals surface area contributed by atoms with Gasteiger partial charge in [-0.15, -0.1) is 0 Å². The van der Waals surface area contributed by atoms with Gasteiger partial charge in [-0.25, -0.2) is 0 Å². The lowest BCUT2D eigenvalue weighted by molar-refractivity contribution is 0.967. The van der Waals surface area contributed by atoms with Gasteiger partial charge in [0.2, 0.25) is 0 Å². The average molecular weight is 272 g/mol. The second-order valence-corrected chi connectivity index (χ2v) is 3.56. The molecule has 0 saturated carbocycles. The van der Waals surface area contributed by atoms with Crippen LogP contribution < -0.4 is 0 Å². The largest absolute Gasteiger partial charge is 0.0991 e. The Kier molecular flexibility index (Phi) is 4.36. The van der Waals surface area contributed by atoms with Gasteiger partial charge in [0.05, 0.1) is 0 Å². The standard InChI is InChI=1S/C11H13I/c1-2-5-10-6-3-4-7-11(10)8-9-12/h2,4-5,7-8H,1,3,6,9H2/b10-5-,11-8-. The lowest BCUT2D eigenvalue weighted by atomic mass is 9.95.